The molecule has 1 aliphatic carbocycles. The number of nitrogens with one attached hydrogen (secondary N) is 1. The van der Waals surface area contributed by atoms with Gasteiger partial charge >= 0.3 is 0 Å². The maximum absolute atomic E-state index is 4.28. The normalized spacial score (nSPS) is 15.6. The summed E-state index contributed by atoms with van der Waals surface area (Å²) in [7, 11) is 1.99. The Hall–Kier alpha value is -1.09. The van der Waals surface area contributed by atoms with Crippen molar-refractivity contribution in [2.75, 3.05) is 25.0 Å². The number of pyridine rings is 1. The molecule has 1 heterocycles. The van der Waals surface area contributed by atoms with E-state index in [1.807, 2.05) is 19.4 Å². The van der Waals surface area contributed by atoms with Crippen molar-refractivity contribution in [1.29, 1.82) is 0 Å². The molecule has 0 saturated heterocycles. The van der Waals surface area contributed by atoms with Crippen LogP contribution in [0.4, 0.5) is 5.69 Å². The van der Waals surface area contributed by atoms with Crippen molar-refractivity contribution in [3.05, 3.63) is 24.0 Å². The number of anilines is 1. The number of aromatic nitrogens is 1. The fraction of sp³-hybridized carbons (Fsp3) is 0.643. The molecule has 0 radical (unpaired) electrons. The second-order valence-electron chi connectivity index (χ2n) is 4.87. The Labute approximate surface area is 104 Å². The number of hydrogen-bond donors (Lipinski definition) is 1. The van der Waals surface area contributed by atoms with Crippen LogP contribution in [0.5, 0.6) is 0 Å². The van der Waals surface area contributed by atoms with Gasteiger partial charge in [-0.3, -0.25) is 4.98 Å². The minimum atomic E-state index is 0.901. The minimum absolute atomic E-state index is 0.901. The SMILES string of the molecule is CCN(CC1CCC1)c1cnccc1CNC. The van der Waals surface area contributed by atoms with Crippen LogP contribution < -0.4 is 10.2 Å². The Kier molecular flexibility index (Phi) is 4.37. The molecule has 3 nitrogen and oxygen atoms in total. The van der Waals surface area contributed by atoms with Gasteiger partial charge in [-0.15, -0.1) is 0 Å². The first-order valence-corrected chi connectivity index (χ1v) is 6.67. The van der Waals surface area contributed by atoms with Crippen LogP contribution in [0.2, 0.25) is 0 Å². The predicted molar refractivity (Wildman–Crippen MR) is 72.2 cm³/mol. The third-order valence-electron chi connectivity index (χ3n) is 3.68. The van der Waals surface area contributed by atoms with E-state index in [0.717, 1.165) is 19.0 Å². The van der Waals surface area contributed by atoms with E-state index in [1.54, 1.807) is 0 Å². The molecule has 1 aromatic heterocycles. The minimum Gasteiger partial charge on any atom is -0.370 e. The largest absolute Gasteiger partial charge is 0.370 e. The molecule has 1 aliphatic rings. The zero-order valence-corrected chi connectivity index (χ0v) is 10.9. The van der Waals surface area contributed by atoms with Crippen molar-refractivity contribution in [1.82, 2.24) is 10.3 Å². The molecule has 0 bridgehead atoms. The van der Waals surface area contributed by atoms with Gasteiger partial charge in [0, 0.05) is 25.8 Å². The zero-order chi connectivity index (χ0) is 12.1. The van der Waals surface area contributed by atoms with Gasteiger partial charge in [-0.25, -0.2) is 0 Å². The molecular formula is C14H23N3. The maximum Gasteiger partial charge on any atom is 0.0598 e. The second-order valence-corrected chi connectivity index (χ2v) is 4.87. The van der Waals surface area contributed by atoms with Crippen LogP contribution in [0, 0.1) is 5.92 Å². The van der Waals surface area contributed by atoms with Crippen LogP contribution >= 0.6 is 0 Å². The number of nitrogens with zero attached hydrogens (tertiary/aromatic N) is 2. The highest BCUT2D eigenvalue weighted by Gasteiger charge is 2.21. The molecule has 1 aromatic rings. The monoisotopic (exact) mass is 233 g/mol. The molecule has 0 unspecified atom stereocenters. The molecule has 1 saturated carbocycles. The summed E-state index contributed by atoms with van der Waals surface area (Å²) >= 11 is 0. The first-order chi connectivity index (χ1) is 8.35. The molecule has 3 heteroatoms. The highest BCUT2D eigenvalue weighted by Crippen LogP contribution is 2.29. The van der Waals surface area contributed by atoms with E-state index < -0.39 is 0 Å². The van der Waals surface area contributed by atoms with Crippen LogP contribution in [0.15, 0.2) is 18.5 Å². The first kappa shape index (κ1) is 12.4. The molecule has 0 atom stereocenters. The Balaban J connectivity index is 2.10. The van der Waals surface area contributed by atoms with Crippen molar-refractivity contribution in [2.24, 2.45) is 5.92 Å². The van der Waals surface area contributed by atoms with Gasteiger partial charge in [-0.2, -0.15) is 0 Å². The van der Waals surface area contributed by atoms with E-state index in [1.165, 1.54) is 37.1 Å². The number of rotatable bonds is 6. The molecule has 94 valence electrons. The highest BCUT2D eigenvalue weighted by atomic mass is 15.1. The molecular weight excluding hydrogens is 210 g/mol. The molecule has 0 amide bonds. The second kappa shape index (κ2) is 6.01. The standard InChI is InChI=1S/C14H23N3/c1-3-17(11-12-5-4-6-12)14-10-16-8-7-13(14)9-15-2/h7-8,10,12,15H,3-6,9,11H2,1-2H3. The third-order valence-corrected chi connectivity index (χ3v) is 3.68. The highest BCUT2D eigenvalue weighted by molar-refractivity contribution is 5.51. The van der Waals surface area contributed by atoms with Crippen molar-refractivity contribution in [3.8, 4) is 0 Å². The summed E-state index contributed by atoms with van der Waals surface area (Å²) in [6.07, 6.45) is 8.11. The summed E-state index contributed by atoms with van der Waals surface area (Å²) in [6.45, 7) is 5.41. The van der Waals surface area contributed by atoms with Gasteiger partial charge in [-0.05, 0) is 44.4 Å². The third kappa shape index (κ3) is 2.97. The Morgan fingerprint density at radius 1 is 1.47 bits per heavy atom. The first-order valence-electron chi connectivity index (χ1n) is 6.67. The van der Waals surface area contributed by atoms with Crippen LogP contribution in [0.3, 0.4) is 0 Å². The van der Waals surface area contributed by atoms with E-state index in [-0.39, 0.29) is 0 Å². The van der Waals surface area contributed by atoms with Crippen LogP contribution in [-0.4, -0.2) is 25.1 Å². The summed E-state index contributed by atoms with van der Waals surface area (Å²) in [5.74, 6) is 0.901. The van der Waals surface area contributed by atoms with E-state index in [9.17, 15) is 0 Å². The Morgan fingerprint density at radius 2 is 2.29 bits per heavy atom. The van der Waals surface area contributed by atoms with Gasteiger partial charge in [0.05, 0.1) is 11.9 Å². The van der Waals surface area contributed by atoms with Crippen molar-refractivity contribution in [2.45, 2.75) is 32.7 Å². The molecule has 0 aromatic carbocycles. The maximum atomic E-state index is 4.28. The summed E-state index contributed by atoms with van der Waals surface area (Å²) in [6, 6.07) is 2.12. The fourth-order valence-electron chi connectivity index (χ4n) is 2.42. The van der Waals surface area contributed by atoms with Crippen LogP contribution in [0.25, 0.3) is 0 Å². The van der Waals surface area contributed by atoms with Crippen LogP contribution in [0.1, 0.15) is 31.7 Å². The summed E-state index contributed by atoms with van der Waals surface area (Å²) < 4.78 is 0. The topological polar surface area (TPSA) is 28.2 Å². The average Bonchev–Trinajstić information content (AvgIpc) is 2.30. The lowest BCUT2D eigenvalue weighted by Gasteiger charge is -2.34. The number of hydrogen-bond acceptors (Lipinski definition) is 3. The van der Waals surface area contributed by atoms with Gasteiger partial charge in [0.1, 0.15) is 0 Å². The fourth-order valence-corrected chi connectivity index (χ4v) is 2.42. The lowest BCUT2D eigenvalue weighted by atomic mass is 9.85. The van der Waals surface area contributed by atoms with Gasteiger partial charge < -0.3 is 10.2 Å². The smallest absolute Gasteiger partial charge is 0.0598 e. The van der Waals surface area contributed by atoms with Crippen LogP contribution in [-0.2, 0) is 6.54 Å². The average molecular weight is 233 g/mol. The van der Waals surface area contributed by atoms with Gasteiger partial charge in [-0.1, -0.05) is 6.42 Å². The van der Waals surface area contributed by atoms with Gasteiger partial charge in [0.2, 0.25) is 0 Å². The van der Waals surface area contributed by atoms with Gasteiger partial charge in [0.15, 0.2) is 0 Å². The molecule has 2 rings (SSSR count). The molecule has 0 aliphatic heterocycles. The molecule has 1 N–H and O–H groups in total. The van der Waals surface area contributed by atoms with Crippen molar-refractivity contribution < 1.29 is 0 Å². The molecule has 0 spiro atoms. The molecule has 17 heavy (non-hydrogen) atoms. The Bertz CT molecular complexity index is 347. The quantitative estimate of drug-likeness (QED) is 0.818. The lowest BCUT2D eigenvalue weighted by Crippen LogP contribution is -2.33. The van der Waals surface area contributed by atoms with Crippen molar-refractivity contribution >= 4 is 5.69 Å². The van der Waals surface area contributed by atoms with Crippen molar-refractivity contribution in [3.63, 3.8) is 0 Å². The lowest BCUT2D eigenvalue weighted by molar-refractivity contribution is 0.318. The summed E-state index contributed by atoms with van der Waals surface area (Å²) in [5, 5.41) is 3.23. The summed E-state index contributed by atoms with van der Waals surface area (Å²) in [4.78, 5) is 6.75. The van der Waals surface area contributed by atoms with E-state index >= 15 is 0 Å². The molecule has 1 fully saturated rings. The Morgan fingerprint density at radius 3 is 2.88 bits per heavy atom. The van der Waals surface area contributed by atoms with E-state index in [0.29, 0.717) is 0 Å². The van der Waals surface area contributed by atoms with E-state index in [2.05, 4.69) is 28.2 Å². The predicted octanol–water partition coefficient (Wildman–Crippen LogP) is 2.43. The summed E-state index contributed by atoms with van der Waals surface area (Å²) in [5.41, 5.74) is 2.65. The van der Waals surface area contributed by atoms with E-state index in [4.69, 9.17) is 0 Å². The van der Waals surface area contributed by atoms with Gasteiger partial charge in [0.25, 0.3) is 0 Å². The zero-order valence-electron chi connectivity index (χ0n) is 10.9.